The summed E-state index contributed by atoms with van der Waals surface area (Å²) in [6.07, 6.45) is 5.78. The maximum Gasteiger partial charge on any atom is 0.330 e. The SMILES string of the molecule is C=CCOC(=O)C=C.C=COC(=O)C1CC1. The number of carbonyl (C=O) groups is 2. The Morgan fingerprint density at radius 3 is 2.25 bits per heavy atom. The standard InChI is InChI=1S/2C6H8O2/c1-2-8-6(7)5-3-4-5;1-3-5-8-6(7)4-2/h2,5H,1,3-4H2;3-4H,1-2,5H2. The fourth-order valence-electron chi connectivity index (χ4n) is 0.697. The van der Waals surface area contributed by atoms with Crippen LogP contribution in [0.15, 0.2) is 38.2 Å². The molecule has 1 fully saturated rings. The largest absolute Gasteiger partial charge is 0.458 e. The zero-order valence-corrected chi connectivity index (χ0v) is 9.19. The van der Waals surface area contributed by atoms with Gasteiger partial charge in [0.1, 0.15) is 6.61 Å². The second-order valence-electron chi connectivity index (χ2n) is 3.00. The molecule has 1 rings (SSSR count). The van der Waals surface area contributed by atoms with Crippen molar-refractivity contribution in [3.05, 3.63) is 38.2 Å². The molecular formula is C12H16O4. The number of esters is 2. The van der Waals surface area contributed by atoms with E-state index in [0.717, 1.165) is 18.9 Å². The molecule has 1 aliphatic rings. The maximum atomic E-state index is 10.5. The molecule has 0 unspecified atom stereocenters. The number of carbonyl (C=O) groups excluding carboxylic acids is 2. The Balaban J connectivity index is 0.000000281. The minimum atomic E-state index is -0.412. The van der Waals surface area contributed by atoms with Gasteiger partial charge in [0, 0.05) is 6.08 Å². The first-order chi connectivity index (χ1) is 7.65. The van der Waals surface area contributed by atoms with Gasteiger partial charge in [-0.3, -0.25) is 4.79 Å². The molecule has 0 atom stereocenters. The average Bonchev–Trinajstić information content (AvgIpc) is 3.11. The third-order valence-corrected chi connectivity index (χ3v) is 1.62. The molecule has 1 saturated carbocycles. The Labute approximate surface area is 95.2 Å². The summed E-state index contributed by atoms with van der Waals surface area (Å²) in [6.45, 7) is 10.1. The first-order valence-electron chi connectivity index (χ1n) is 4.87. The molecular weight excluding hydrogens is 208 g/mol. The van der Waals surface area contributed by atoms with Crippen LogP contribution in [0.25, 0.3) is 0 Å². The molecule has 0 radical (unpaired) electrons. The fraction of sp³-hybridized carbons (Fsp3) is 0.333. The van der Waals surface area contributed by atoms with Crippen molar-refractivity contribution < 1.29 is 19.1 Å². The van der Waals surface area contributed by atoms with Gasteiger partial charge in [-0.05, 0) is 12.8 Å². The van der Waals surface area contributed by atoms with Gasteiger partial charge in [0.25, 0.3) is 0 Å². The lowest BCUT2D eigenvalue weighted by Gasteiger charge is -1.92. The van der Waals surface area contributed by atoms with Crippen LogP contribution in [0.3, 0.4) is 0 Å². The highest BCUT2D eigenvalue weighted by atomic mass is 16.5. The van der Waals surface area contributed by atoms with Crippen LogP contribution >= 0.6 is 0 Å². The highest BCUT2D eigenvalue weighted by molar-refractivity contribution is 5.81. The zero-order chi connectivity index (χ0) is 12.4. The molecule has 1 aliphatic carbocycles. The summed E-state index contributed by atoms with van der Waals surface area (Å²) in [7, 11) is 0. The van der Waals surface area contributed by atoms with Crippen LogP contribution < -0.4 is 0 Å². The van der Waals surface area contributed by atoms with Gasteiger partial charge in [0.15, 0.2) is 0 Å². The van der Waals surface area contributed by atoms with Gasteiger partial charge in [-0.15, -0.1) is 0 Å². The van der Waals surface area contributed by atoms with E-state index in [2.05, 4.69) is 29.2 Å². The predicted molar refractivity (Wildman–Crippen MR) is 60.4 cm³/mol. The van der Waals surface area contributed by atoms with Crippen molar-refractivity contribution >= 4 is 11.9 Å². The topological polar surface area (TPSA) is 52.6 Å². The quantitative estimate of drug-likeness (QED) is 0.310. The molecule has 0 aromatic carbocycles. The molecule has 0 aromatic rings. The van der Waals surface area contributed by atoms with E-state index in [0.29, 0.717) is 0 Å². The van der Waals surface area contributed by atoms with Gasteiger partial charge in [-0.25, -0.2) is 4.79 Å². The van der Waals surface area contributed by atoms with Crippen LogP contribution in [0.2, 0.25) is 0 Å². The van der Waals surface area contributed by atoms with Gasteiger partial charge in [-0.2, -0.15) is 0 Å². The zero-order valence-electron chi connectivity index (χ0n) is 9.19. The molecule has 0 aliphatic heterocycles. The van der Waals surface area contributed by atoms with Crippen LogP contribution in [0, 0.1) is 5.92 Å². The third kappa shape index (κ3) is 7.55. The monoisotopic (exact) mass is 224 g/mol. The molecule has 0 bridgehead atoms. The molecule has 4 nitrogen and oxygen atoms in total. The Hall–Kier alpha value is -1.84. The first-order valence-corrected chi connectivity index (χ1v) is 4.87. The van der Waals surface area contributed by atoms with Crippen molar-refractivity contribution in [1.29, 1.82) is 0 Å². The van der Waals surface area contributed by atoms with E-state index < -0.39 is 5.97 Å². The summed E-state index contributed by atoms with van der Waals surface area (Å²) < 4.78 is 8.96. The smallest absolute Gasteiger partial charge is 0.330 e. The van der Waals surface area contributed by atoms with Crippen molar-refractivity contribution in [2.45, 2.75) is 12.8 Å². The van der Waals surface area contributed by atoms with E-state index in [-0.39, 0.29) is 18.5 Å². The van der Waals surface area contributed by atoms with Crippen LogP contribution in [0.4, 0.5) is 0 Å². The summed E-state index contributed by atoms with van der Waals surface area (Å²) in [5, 5.41) is 0. The lowest BCUT2D eigenvalue weighted by molar-refractivity contribution is -0.139. The Morgan fingerprint density at radius 2 is 1.88 bits per heavy atom. The van der Waals surface area contributed by atoms with Crippen molar-refractivity contribution in [3.63, 3.8) is 0 Å². The van der Waals surface area contributed by atoms with E-state index >= 15 is 0 Å². The van der Waals surface area contributed by atoms with Gasteiger partial charge in [-0.1, -0.05) is 25.8 Å². The second kappa shape index (κ2) is 8.47. The molecule has 0 amide bonds. The predicted octanol–water partition coefficient (Wildman–Crippen LogP) is 1.98. The number of hydrogen-bond donors (Lipinski definition) is 0. The molecule has 0 spiro atoms. The van der Waals surface area contributed by atoms with Gasteiger partial charge >= 0.3 is 11.9 Å². The van der Waals surface area contributed by atoms with E-state index in [1.807, 2.05) is 0 Å². The van der Waals surface area contributed by atoms with E-state index in [9.17, 15) is 9.59 Å². The molecule has 4 heteroatoms. The summed E-state index contributed by atoms with van der Waals surface area (Å²) in [5.41, 5.74) is 0. The van der Waals surface area contributed by atoms with E-state index in [1.54, 1.807) is 0 Å². The lowest BCUT2D eigenvalue weighted by atomic mass is 10.4. The molecule has 0 aromatic heterocycles. The van der Waals surface area contributed by atoms with Crippen LogP contribution in [-0.2, 0) is 19.1 Å². The Morgan fingerprint density at radius 1 is 1.25 bits per heavy atom. The maximum absolute atomic E-state index is 10.5. The van der Waals surface area contributed by atoms with Crippen LogP contribution in [-0.4, -0.2) is 18.5 Å². The highest BCUT2D eigenvalue weighted by Gasteiger charge is 2.30. The van der Waals surface area contributed by atoms with E-state index in [1.165, 1.54) is 12.3 Å². The summed E-state index contributed by atoms with van der Waals surface area (Å²) in [6, 6.07) is 0. The van der Waals surface area contributed by atoms with Gasteiger partial charge in [0.05, 0.1) is 12.2 Å². The molecule has 88 valence electrons. The highest BCUT2D eigenvalue weighted by Crippen LogP contribution is 2.29. The summed E-state index contributed by atoms with van der Waals surface area (Å²) in [5.74, 6) is -0.349. The van der Waals surface area contributed by atoms with Crippen molar-refractivity contribution in [1.82, 2.24) is 0 Å². The Bertz CT molecular complexity index is 277. The molecule has 0 N–H and O–H groups in total. The minimum Gasteiger partial charge on any atom is -0.458 e. The fourth-order valence-corrected chi connectivity index (χ4v) is 0.697. The van der Waals surface area contributed by atoms with Crippen molar-refractivity contribution in [2.75, 3.05) is 6.61 Å². The van der Waals surface area contributed by atoms with Crippen molar-refractivity contribution in [3.8, 4) is 0 Å². The number of ether oxygens (including phenoxy) is 2. The van der Waals surface area contributed by atoms with Gasteiger partial charge < -0.3 is 9.47 Å². The van der Waals surface area contributed by atoms with Crippen LogP contribution in [0.5, 0.6) is 0 Å². The number of rotatable bonds is 5. The lowest BCUT2D eigenvalue weighted by Crippen LogP contribution is -2.00. The third-order valence-electron chi connectivity index (χ3n) is 1.62. The first kappa shape index (κ1) is 14.2. The number of hydrogen-bond acceptors (Lipinski definition) is 4. The minimum absolute atomic E-state index is 0.125. The summed E-state index contributed by atoms with van der Waals surface area (Å²) >= 11 is 0. The van der Waals surface area contributed by atoms with Crippen LogP contribution in [0.1, 0.15) is 12.8 Å². The molecule has 0 saturated heterocycles. The second-order valence-corrected chi connectivity index (χ2v) is 3.00. The molecule has 0 heterocycles. The Kier molecular flexibility index (Phi) is 7.49. The van der Waals surface area contributed by atoms with E-state index in [4.69, 9.17) is 0 Å². The molecule has 16 heavy (non-hydrogen) atoms. The van der Waals surface area contributed by atoms with Gasteiger partial charge in [0.2, 0.25) is 0 Å². The average molecular weight is 224 g/mol. The normalized spacial score (nSPS) is 12.5. The summed E-state index contributed by atoms with van der Waals surface area (Å²) in [4.78, 5) is 20.7. The van der Waals surface area contributed by atoms with Crippen molar-refractivity contribution in [2.24, 2.45) is 5.92 Å².